The largest absolute Gasteiger partial charge is 0.351 e. The lowest BCUT2D eigenvalue weighted by molar-refractivity contribution is -0.122. The van der Waals surface area contributed by atoms with Gasteiger partial charge in [0, 0.05) is 37.4 Å². The molecule has 1 heterocycles. The number of hydrogen-bond donors (Lipinski definition) is 1. The van der Waals surface area contributed by atoms with Crippen molar-refractivity contribution in [1.29, 1.82) is 0 Å². The second kappa shape index (κ2) is 8.37. The molecular weight excluding hydrogens is 316 g/mol. The van der Waals surface area contributed by atoms with Crippen LogP contribution in [-0.2, 0) is 11.3 Å². The lowest BCUT2D eigenvalue weighted by atomic mass is 10.1. The molecule has 0 atom stereocenters. The van der Waals surface area contributed by atoms with E-state index < -0.39 is 0 Å². The minimum Gasteiger partial charge on any atom is -0.351 e. The van der Waals surface area contributed by atoms with Gasteiger partial charge >= 0.3 is 0 Å². The lowest BCUT2D eigenvalue weighted by Crippen LogP contribution is -2.42. The summed E-state index contributed by atoms with van der Waals surface area (Å²) in [4.78, 5) is 34.5. The molecule has 0 fully saturated rings. The fourth-order valence-electron chi connectivity index (χ4n) is 2.35. The van der Waals surface area contributed by atoms with Gasteiger partial charge in [0.25, 0.3) is 5.91 Å². The molecule has 0 saturated carbocycles. The number of rotatable bonds is 6. The first kappa shape index (κ1) is 18.6. The fourth-order valence-corrected chi connectivity index (χ4v) is 2.35. The molecule has 1 N–H and O–H groups in total. The van der Waals surface area contributed by atoms with E-state index >= 15 is 0 Å². The van der Waals surface area contributed by atoms with Crippen molar-refractivity contribution in [1.82, 2.24) is 20.2 Å². The van der Waals surface area contributed by atoms with Gasteiger partial charge in [-0.1, -0.05) is 30.3 Å². The van der Waals surface area contributed by atoms with E-state index in [0.717, 1.165) is 5.56 Å². The Morgan fingerprint density at radius 1 is 1.12 bits per heavy atom. The minimum atomic E-state index is -0.295. The first-order valence-electron chi connectivity index (χ1n) is 8.25. The van der Waals surface area contributed by atoms with E-state index in [1.54, 1.807) is 4.90 Å². The van der Waals surface area contributed by atoms with Crippen LogP contribution in [0, 0.1) is 0 Å². The van der Waals surface area contributed by atoms with Gasteiger partial charge in [-0.2, -0.15) is 0 Å². The van der Waals surface area contributed by atoms with Crippen molar-refractivity contribution in [3.8, 4) is 0 Å². The smallest absolute Gasteiger partial charge is 0.274 e. The third-order valence-electron chi connectivity index (χ3n) is 3.41. The molecule has 6 heteroatoms. The first-order valence-corrected chi connectivity index (χ1v) is 8.25. The molecule has 0 bridgehead atoms. The minimum absolute atomic E-state index is 0.0856. The molecule has 2 aromatic rings. The Morgan fingerprint density at radius 3 is 2.44 bits per heavy atom. The average Bonchev–Trinajstić information content (AvgIpc) is 2.58. The molecule has 2 rings (SSSR count). The summed E-state index contributed by atoms with van der Waals surface area (Å²) < 4.78 is 0. The maximum Gasteiger partial charge on any atom is 0.274 e. The normalized spacial score (nSPS) is 11.0. The highest BCUT2D eigenvalue weighted by molar-refractivity contribution is 5.92. The Kier molecular flexibility index (Phi) is 6.22. The number of nitrogens with one attached hydrogen (secondary N) is 1. The van der Waals surface area contributed by atoms with E-state index in [-0.39, 0.29) is 29.5 Å². The summed E-state index contributed by atoms with van der Waals surface area (Å²) in [5, 5.41) is 2.91. The summed E-state index contributed by atoms with van der Waals surface area (Å²) in [5.74, 6) is -0.321. The van der Waals surface area contributed by atoms with Crippen LogP contribution in [0.25, 0.3) is 0 Å². The Balaban J connectivity index is 2.09. The van der Waals surface area contributed by atoms with Gasteiger partial charge in [-0.05, 0) is 26.3 Å². The number of nitrogens with zero attached hydrogens (tertiary/aromatic N) is 3. The lowest BCUT2D eigenvalue weighted by Gasteiger charge is -2.24. The van der Waals surface area contributed by atoms with E-state index in [9.17, 15) is 9.59 Å². The monoisotopic (exact) mass is 340 g/mol. The zero-order valence-electron chi connectivity index (χ0n) is 14.9. The van der Waals surface area contributed by atoms with Crippen molar-refractivity contribution in [2.75, 3.05) is 6.54 Å². The van der Waals surface area contributed by atoms with Crippen LogP contribution in [0.3, 0.4) is 0 Å². The summed E-state index contributed by atoms with van der Waals surface area (Å²) >= 11 is 0. The van der Waals surface area contributed by atoms with E-state index in [2.05, 4.69) is 15.3 Å². The zero-order valence-corrected chi connectivity index (χ0v) is 14.9. The molecule has 2 amide bonds. The van der Waals surface area contributed by atoms with Crippen LogP contribution in [0.2, 0.25) is 0 Å². The van der Waals surface area contributed by atoms with Crippen LogP contribution in [0.4, 0.5) is 0 Å². The maximum absolute atomic E-state index is 12.7. The van der Waals surface area contributed by atoms with Crippen molar-refractivity contribution in [3.63, 3.8) is 0 Å². The van der Waals surface area contributed by atoms with Crippen LogP contribution < -0.4 is 5.32 Å². The molecule has 6 nitrogen and oxygen atoms in total. The van der Waals surface area contributed by atoms with Crippen LogP contribution in [0.5, 0.6) is 0 Å². The van der Waals surface area contributed by atoms with E-state index in [1.165, 1.54) is 18.6 Å². The standard InChI is InChI=1S/C19H24N4O2/c1-19(2,3)22-17(24)9-12-23(14-15-7-5-4-6-8-15)18(25)16-13-20-10-11-21-16/h4-8,10-11,13H,9,12,14H2,1-3H3,(H,22,24). The van der Waals surface area contributed by atoms with Crippen molar-refractivity contribution < 1.29 is 9.59 Å². The van der Waals surface area contributed by atoms with Gasteiger partial charge < -0.3 is 10.2 Å². The predicted molar refractivity (Wildman–Crippen MR) is 95.7 cm³/mol. The molecular formula is C19H24N4O2. The van der Waals surface area contributed by atoms with Gasteiger partial charge in [-0.25, -0.2) is 4.98 Å². The zero-order chi connectivity index (χ0) is 18.3. The molecule has 132 valence electrons. The molecule has 0 saturated heterocycles. The third-order valence-corrected chi connectivity index (χ3v) is 3.41. The average molecular weight is 340 g/mol. The number of carbonyl (C=O) groups is 2. The van der Waals surface area contributed by atoms with Gasteiger partial charge in [0.15, 0.2) is 0 Å². The molecule has 25 heavy (non-hydrogen) atoms. The molecule has 0 radical (unpaired) electrons. The highest BCUT2D eigenvalue weighted by atomic mass is 16.2. The summed E-state index contributed by atoms with van der Waals surface area (Å²) in [6.45, 7) is 6.51. The van der Waals surface area contributed by atoms with Gasteiger partial charge in [-0.15, -0.1) is 0 Å². The highest BCUT2D eigenvalue weighted by Gasteiger charge is 2.20. The SMILES string of the molecule is CC(C)(C)NC(=O)CCN(Cc1ccccc1)C(=O)c1cnccn1. The van der Waals surface area contributed by atoms with Crippen molar-refractivity contribution in [3.05, 3.63) is 60.2 Å². The van der Waals surface area contributed by atoms with Gasteiger partial charge in [-0.3, -0.25) is 14.6 Å². The number of hydrogen-bond acceptors (Lipinski definition) is 4. The molecule has 1 aromatic heterocycles. The van der Waals surface area contributed by atoms with Crippen LogP contribution >= 0.6 is 0 Å². The summed E-state index contributed by atoms with van der Waals surface area (Å²) in [5.41, 5.74) is 0.974. The van der Waals surface area contributed by atoms with E-state index in [4.69, 9.17) is 0 Å². The van der Waals surface area contributed by atoms with Crippen LogP contribution in [0.1, 0.15) is 43.2 Å². The first-order chi connectivity index (χ1) is 11.8. The number of carbonyl (C=O) groups excluding carboxylic acids is 2. The fraction of sp³-hybridized carbons (Fsp3) is 0.368. The quantitative estimate of drug-likeness (QED) is 0.876. The highest BCUT2D eigenvalue weighted by Crippen LogP contribution is 2.09. The summed E-state index contributed by atoms with van der Waals surface area (Å²) in [6, 6.07) is 9.67. The van der Waals surface area contributed by atoms with Crippen LogP contribution in [-0.4, -0.2) is 38.8 Å². The molecule has 0 aliphatic rings. The van der Waals surface area contributed by atoms with Crippen molar-refractivity contribution in [2.45, 2.75) is 39.3 Å². The third kappa shape index (κ3) is 6.33. The van der Waals surface area contributed by atoms with Gasteiger partial charge in [0.2, 0.25) is 5.91 Å². The van der Waals surface area contributed by atoms with Crippen LogP contribution in [0.15, 0.2) is 48.9 Å². The Bertz CT molecular complexity index is 696. The second-order valence-corrected chi connectivity index (χ2v) is 6.85. The molecule has 1 aromatic carbocycles. The van der Waals surface area contributed by atoms with Gasteiger partial charge in [0.1, 0.15) is 5.69 Å². The molecule has 0 aliphatic heterocycles. The van der Waals surface area contributed by atoms with E-state index in [0.29, 0.717) is 13.1 Å². The predicted octanol–water partition coefficient (Wildman–Crippen LogP) is 2.42. The summed E-state index contributed by atoms with van der Waals surface area (Å²) in [6.07, 6.45) is 4.68. The van der Waals surface area contributed by atoms with E-state index in [1.807, 2.05) is 51.1 Å². The number of amides is 2. The summed E-state index contributed by atoms with van der Waals surface area (Å²) in [7, 11) is 0. The molecule has 0 unspecified atom stereocenters. The van der Waals surface area contributed by atoms with Crippen molar-refractivity contribution >= 4 is 11.8 Å². The topological polar surface area (TPSA) is 75.2 Å². The Labute approximate surface area is 148 Å². The Morgan fingerprint density at radius 2 is 1.84 bits per heavy atom. The van der Waals surface area contributed by atoms with Crippen molar-refractivity contribution in [2.24, 2.45) is 0 Å². The number of benzene rings is 1. The maximum atomic E-state index is 12.7. The van der Waals surface area contributed by atoms with Gasteiger partial charge in [0.05, 0.1) is 6.20 Å². The Hall–Kier alpha value is -2.76. The second-order valence-electron chi connectivity index (χ2n) is 6.85. The molecule has 0 spiro atoms. The molecule has 0 aliphatic carbocycles. The number of aromatic nitrogens is 2.